The minimum atomic E-state index is -0.0819. The minimum Gasteiger partial charge on any atom is -0.379 e. The monoisotopic (exact) mass is 326 g/mol. The fraction of sp³-hybridized carbons (Fsp3) is 0.385. The Bertz CT molecular complexity index is 541. The number of amides is 1. The maximum absolute atomic E-state index is 11.7. The van der Waals surface area contributed by atoms with E-state index in [1.807, 2.05) is 24.3 Å². The van der Waals surface area contributed by atoms with Crippen molar-refractivity contribution in [3.05, 3.63) is 30.0 Å². The highest BCUT2D eigenvalue weighted by Crippen LogP contribution is 2.17. The van der Waals surface area contributed by atoms with E-state index in [-0.39, 0.29) is 12.3 Å². The van der Waals surface area contributed by atoms with E-state index < -0.39 is 0 Å². The van der Waals surface area contributed by atoms with Crippen molar-refractivity contribution in [1.29, 1.82) is 0 Å². The van der Waals surface area contributed by atoms with Gasteiger partial charge in [-0.15, -0.1) is 0 Å². The number of aromatic nitrogens is 1. The van der Waals surface area contributed by atoms with Gasteiger partial charge in [0.15, 0.2) is 5.58 Å². The van der Waals surface area contributed by atoms with Crippen molar-refractivity contribution in [3.8, 4) is 0 Å². The molecule has 0 aliphatic carbocycles. The lowest BCUT2D eigenvalue weighted by Crippen LogP contribution is -2.28. The molecule has 0 radical (unpaired) electrons. The number of hydrogen-bond donors (Lipinski definition) is 1. The number of para-hydroxylation sites is 1. The number of rotatable bonds is 7. The summed E-state index contributed by atoms with van der Waals surface area (Å²) >= 11 is 3.26. The predicted octanol–water partition coefficient (Wildman–Crippen LogP) is 1.90. The molecule has 1 heterocycles. The van der Waals surface area contributed by atoms with Gasteiger partial charge in [-0.1, -0.05) is 33.2 Å². The first-order valence-corrected chi connectivity index (χ1v) is 7.17. The summed E-state index contributed by atoms with van der Waals surface area (Å²) in [6.07, 6.45) is 0.218. The highest BCUT2D eigenvalue weighted by molar-refractivity contribution is 9.09. The SMILES string of the molecule is O=C(Cc1noc2ccccc12)NCCOCCBr. The lowest BCUT2D eigenvalue weighted by molar-refractivity contribution is -0.120. The van der Waals surface area contributed by atoms with E-state index in [0.717, 1.165) is 10.7 Å². The van der Waals surface area contributed by atoms with Crippen LogP contribution in [0, 0.1) is 0 Å². The van der Waals surface area contributed by atoms with Gasteiger partial charge in [-0.3, -0.25) is 4.79 Å². The van der Waals surface area contributed by atoms with Gasteiger partial charge >= 0.3 is 0 Å². The van der Waals surface area contributed by atoms with Gasteiger partial charge < -0.3 is 14.6 Å². The molecule has 19 heavy (non-hydrogen) atoms. The molecule has 0 saturated heterocycles. The van der Waals surface area contributed by atoms with Crippen LogP contribution < -0.4 is 5.32 Å². The zero-order chi connectivity index (χ0) is 13.5. The lowest BCUT2D eigenvalue weighted by Gasteiger charge is -2.04. The van der Waals surface area contributed by atoms with E-state index in [4.69, 9.17) is 9.26 Å². The number of ether oxygens (including phenoxy) is 1. The van der Waals surface area contributed by atoms with Crippen LogP contribution in [0.4, 0.5) is 0 Å². The first kappa shape index (κ1) is 14.0. The third-order valence-electron chi connectivity index (χ3n) is 2.57. The quantitative estimate of drug-likeness (QED) is 0.623. The van der Waals surface area contributed by atoms with E-state index >= 15 is 0 Å². The number of benzene rings is 1. The number of nitrogens with zero attached hydrogens (tertiary/aromatic N) is 1. The second-order valence-corrected chi connectivity index (χ2v) is 4.75. The summed E-state index contributed by atoms with van der Waals surface area (Å²) in [5.41, 5.74) is 1.36. The van der Waals surface area contributed by atoms with Crippen LogP contribution in [-0.2, 0) is 16.0 Å². The van der Waals surface area contributed by atoms with Crippen molar-refractivity contribution >= 4 is 32.8 Å². The van der Waals surface area contributed by atoms with Crippen LogP contribution in [0.15, 0.2) is 28.8 Å². The standard InChI is InChI=1S/C13H15BrN2O3/c14-5-7-18-8-6-15-13(17)9-11-10-3-1-2-4-12(10)19-16-11/h1-4H,5-9H2,(H,15,17). The number of nitrogens with one attached hydrogen (secondary N) is 1. The van der Waals surface area contributed by atoms with E-state index in [0.29, 0.717) is 31.0 Å². The largest absolute Gasteiger partial charge is 0.379 e. The molecule has 2 rings (SSSR count). The molecule has 2 aromatic rings. The van der Waals surface area contributed by atoms with Gasteiger partial charge in [0.05, 0.1) is 19.6 Å². The first-order chi connectivity index (χ1) is 9.31. The van der Waals surface area contributed by atoms with Crippen LogP contribution in [-0.4, -0.2) is 36.2 Å². The van der Waals surface area contributed by atoms with Crippen molar-refractivity contribution in [3.63, 3.8) is 0 Å². The average molecular weight is 327 g/mol. The lowest BCUT2D eigenvalue weighted by atomic mass is 10.2. The molecule has 1 N–H and O–H groups in total. The second kappa shape index (κ2) is 7.25. The Morgan fingerprint density at radius 3 is 3.05 bits per heavy atom. The summed E-state index contributed by atoms with van der Waals surface area (Å²) in [6, 6.07) is 7.50. The van der Waals surface area contributed by atoms with E-state index in [2.05, 4.69) is 26.4 Å². The summed E-state index contributed by atoms with van der Waals surface area (Å²) in [7, 11) is 0. The maximum Gasteiger partial charge on any atom is 0.226 e. The second-order valence-electron chi connectivity index (χ2n) is 3.95. The molecule has 5 nitrogen and oxygen atoms in total. The third kappa shape index (κ3) is 4.04. The molecule has 1 amide bonds. The highest BCUT2D eigenvalue weighted by Gasteiger charge is 2.11. The molecule has 0 spiro atoms. The summed E-state index contributed by atoms with van der Waals surface area (Å²) in [6.45, 7) is 1.66. The molecule has 0 saturated carbocycles. The number of halogens is 1. The fourth-order valence-electron chi connectivity index (χ4n) is 1.70. The number of alkyl halides is 1. The van der Waals surface area contributed by atoms with Crippen LogP contribution in [0.1, 0.15) is 5.69 Å². The van der Waals surface area contributed by atoms with Crippen molar-refractivity contribution in [2.75, 3.05) is 25.1 Å². The Labute approximate surface area is 119 Å². The van der Waals surface area contributed by atoms with Crippen molar-refractivity contribution < 1.29 is 14.1 Å². The molecule has 0 unspecified atom stereocenters. The van der Waals surface area contributed by atoms with E-state index in [1.54, 1.807) is 0 Å². The highest BCUT2D eigenvalue weighted by atomic mass is 79.9. The van der Waals surface area contributed by atoms with Gasteiger partial charge in [0.1, 0.15) is 5.69 Å². The van der Waals surface area contributed by atoms with Crippen molar-refractivity contribution in [2.45, 2.75) is 6.42 Å². The van der Waals surface area contributed by atoms with Crippen molar-refractivity contribution in [1.82, 2.24) is 10.5 Å². The van der Waals surface area contributed by atoms with E-state index in [1.165, 1.54) is 0 Å². The zero-order valence-electron chi connectivity index (χ0n) is 10.4. The van der Waals surface area contributed by atoms with Gasteiger partial charge in [-0.25, -0.2) is 0 Å². The molecule has 0 atom stereocenters. The summed E-state index contributed by atoms with van der Waals surface area (Å²) in [5, 5.41) is 8.38. The van der Waals surface area contributed by atoms with Crippen LogP contribution in [0.5, 0.6) is 0 Å². The number of carbonyl (C=O) groups excluding carboxylic acids is 1. The number of hydrogen-bond acceptors (Lipinski definition) is 4. The Morgan fingerprint density at radius 2 is 2.21 bits per heavy atom. The predicted molar refractivity (Wildman–Crippen MR) is 75.3 cm³/mol. The van der Waals surface area contributed by atoms with Gasteiger partial charge in [-0.2, -0.15) is 0 Å². The average Bonchev–Trinajstić information content (AvgIpc) is 2.82. The van der Waals surface area contributed by atoms with E-state index in [9.17, 15) is 4.79 Å². The smallest absolute Gasteiger partial charge is 0.226 e. The molecule has 1 aromatic heterocycles. The molecule has 102 valence electrons. The van der Waals surface area contributed by atoms with Gasteiger partial charge in [-0.05, 0) is 12.1 Å². The Morgan fingerprint density at radius 1 is 1.37 bits per heavy atom. The van der Waals surface area contributed by atoms with Gasteiger partial charge in [0.25, 0.3) is 0 Å². The molecule has 0 fully saturated rings. The molecule has 0 aliphatic rings. The summed E-state index contributed by atoms with van der Waals surface area (Å²) in [4.78, 5) is 11.7. The summed E-state index contributed by atoms with van der Waals surface area (Å²) < 4.78 is 10.4. The molecular formula is C13H15BrN2O3. The van der Waals surface area contributed by atoms with Crippen LogP contribution in [0.25, 0.3) is 11.0 Å². The third-order valence-corrected chi connectivity index (χ3v) is 2.89. The molecule has 0 aliphatic heterocycles. The zero-order valence-corrected chi connectivity index (χ0v) is 12.0. The molecule has 0 bridgehead atoms. The summed E-state index contributed by atoms with van der Waals surface area (Å²) in [5.74, 6) is -0.0819. The van der Waals surface area contributed by atoms with Crippen LogP contribution in [0.2, 0.25) is 0 Å². The van der Waals surface area contributed by atoms with Crippen molar-refractivity contribution in [2.24, 2.45) is 0 Å². The Hall–Kier alpha value is -1.40. The Balaban J connectivity index is 1.82. The number of carbonyl (C=O) groups is 1. The number of fused-ring (bicyclic) bond motifs is 1. The molecule has 6 heteroatoms. The van der Waals surface area contributed by atoms with Crippen LogP contribution >= 0.6 is 15.9 Å². The fourth-order valence-corrected chi connectivity index (χ4v) is 1.93. The minimum absolute atomic E-state index is 0.0819. The topological polar surface area (TPSA) is 64.4 Å². The van der Waals surface area contributed by atoms with Crippen LogP contribution in [0.3, 0.4) is 0 Å². The molecular weight excluding hydrogens is 312 g/mol. The normalized spacial score (nSPS) is 10.8. The van der Waals surface area contributed by atoms with Gasteiger partial charge in [0.2, 0.25) is 5.91 Å². The molecule has 1 aromatic carbocycles. The van der Waals surface area contributed by atoms with Gasteiger partial charge in [0, 0.05) is 17.3 Å². The maximum atomic E-state index is 11.7. The Kier molecular flexibility index (Phi) is 5.35. The first-order valence-electron chi connectivity index (χ1n) is 6.05.